The fourth-order valence-corrected chi connectivity index (χ4v) is 3.75. The number of hydrogen-bond acceptors (Lipinski definition) is 8. The summed E-state index contributed by atoms with van der Waals surface area (Å²) in [6.07, 6.45) is 6.68. The minimum absolute atomic E-state index is 0.290. The van der Waals surface area contributed by atoms with Crippen molar-refractivity contribution >= 4 is 17.4 Å². The van der Waals surface area contributed by atoms with Gasteiger partial charge in [0.05, 0.1) is 47.6 Å². The number of methoxy groups -OCH3 is 1. The number of rotatable bonds is 9. The van der Waals surface area contributed by atoms with E-state index in [0.717, 1.165) is 22.5 Å². The quantitative estimate of drug-likeness (QED) is 0.303. The van der Waals surface area contributed by atoms with E-state index in [0.29, 0.717) is 41.5 Å². The van der Waals surface area contributed by atoms with Gasteiger partial charge in [0.25, 0.3) is 5.91 Å². The van der Waals surface area contributed by atoms with E-state index in [1.807, 2.05) is 37.3 Å². The molecule has 0 aliphatic heterocycles. The van der Waals surface area contributed by atoms with Crippen LogP contribution in [-0.2, 0) is 10.2 Å². The molecule has 9 nitrogen and oxygen atoms in total. The van der Waals surface area contributed by atoms with Crippen molar-refractivity contribution in [3.05, 3.63) is 84.1 Å². The Morgan fingerprint density at radius 2 is 1.84 bits per heavy atom. The summed E-state index contributed by atoms with van der Waals surface area (Å²) in [5.41, 5.74) is 4.90. The Kier molecular flexibility index (Phi) is 8.04. The molecule has 0 spiro atoms. The number of carbonyl (C=O) groups excluding carboxylic acids is 1. The molecule has 192 valence electrons. The fraction of sp³-hybridized carbons (Fsp3) is 0.241. The Morgan fingerprint density at radius 1 is 1.05 bits per heavy atom. The third-order valence-corrected chi connectivity index (χ3v) is 6.02. The highest BCUT2D eigenvalue weighted by Crippen LogP contribution is 2.28. The van der Waals surface area contributed by atoms with Crippen LogP contribution >= 0.6 is 0 Å². The standard InChI is InChI=1S/C29H29N7O2/c1-19-5-6-22(35-28(37)21-8-9-32-26(13-21)29(2,3)18-30)15-23(19)25-17-31-16-24(36-25)20-7-10-33-27(14-20)34-11-12-38-4/h5-10,13-17H,11-12H2,1-4H3,(H,33,34)(H,35,37). The molecule has 0 bridgehead atoms. The highest BCUT2D eigenvalue weighted by atomic mass is 16.5. The van der Waals surface area contributed by atoms with Crippen LogP contribution in [0.2, 0.25) is 0 Å². The lowest BCUT2D eigenvalue weighted by molar-refractivity contribution is 0.102. The largest absolute Gasteiger partial charge is 0.383 e. The van der Waals surface area contributed by atoms with E-state index in [-0.39, 0.29) is 5.91 Å². The molecule has 0 saturated heterocycles. The number of aryl methyl sites for hydroxylation is 1. The number of aromatic nitrogens is 4. The fourth-order valence-electron chi connectivity index (χ4n) is 3.75. The number of benzene rings is 1. The molecule has 1 amide bonds. The second kappa shape index (κ2) is 11.6. The zero-order valence-corrected chi connectivity index (χ0v) is 21.8. The summed E-state index contributed by atoms with van der Waals surface area (Å²) < 4.78 is 5.08. The minimum Gasteiger partial charge on any atom is -0.383 e. The third-order valence-electron chi connectivity index (χ3n) is 6.02. The Bertz CT molecular complexity index is 1490. The van der Waals surface area contributed by atoms with Crippen LogP contribution in [0.4, 0.5) is 11.5 Å². The summed E-state index contributed by atoms with van der Waals surface area (Å²) in [4.78, 5) is 30.9. The molecular formula is C29H29N7O2. The van der Waals surface area contributed by atoms with Crippen LogP contribution in [0.15, 0.2) is 67.3 Å². The van der Waals surface area contributed by atoms with Crippen LogP contribution in [0.3, 0.4) is 0 Å². The van der Waals surface area contributed by atoms with Crippen molar-refractivity contribution in [3.8, 4) is 28.6 Å². The van der Waals surface area contributed by atoms with Gasteiger partial charge in [-0.1, -0.05) is 6.07 Å². The molecule has 38 heavy (non-hydrogen) atoms. The number of amides is 1. The highest BCUT2D eigenvalue weighted by Gasteiger charge is 2.22. The van der Waals surface area contributed by atoms with E-state index in [2.05, 4.69) is 31.7 Å². The predicted octanol–water partition coefficient (Wildman–Crippen LogP) is 5.02. The van der Waals surface area contributed by atoms with Crippen molar-refractivity contribution in [2.45, 2.75) is 26.2 Å². The van der Waals surface area contributed by atoms with Crippen LogP contribution < -0.4 is 10.6 Å². The summed E-state index contributed by atoms with van der Waals surface area (Å²) in [7, 11) is 1.65. The molecule has 0 atom stereocenters. The van der Waals surface area contributed by atoms with Gasteiger partial charge in [0.1, 0.15) is 5.82 Å². The number of nitriles is 1. The van der Waals surface area contributed by atoms with E-state index in [1.54, 1.807) is 57.9 Å². The van der Waals surface area contributed by atoms with Crippen LogP contribution in [-0.4, -0.2) is 46.1 Å². The molecule has 0 aliphatic rings. The number of pyridine rings is 2. The molecule has 3 heterocycles. The van der Waals surface area contributed by atoms with E-state index in [9.17, 15) is 10.1 Å². The second-order valence-electron chi connectivity index (χ2n) is 9.29. The van der Waals surface area contributed by atoms with Gasteiger partial charge in [-0.15, -0.1) is 0 Å². The average Bonchev–Trinajstić information content (AvgIpc) is 2.94. The lowest BCUT2D eigenvalue weighted by Crippen LogP contribution is -2.18. The number of nitrogens with one attached hydrogen (secondary N) is 2. The average molecular weight is 508 g/mol. The van der Waals surface area contributed by atoms with Crippen molar-refractivity contribution in [2.75, 3.05) is 30.9 Å². The first-order valence-electron chi connectivity index (χ1n) is 12.1. The van der Waals surface area contributed by atoms with Crippen molar-refractivity contribution in [1.82, 2.24) is 19.9 Å². The molecule has 4 rings (SSSR count). The molecule has 4 aromatic rings. The maximum atomic E-state index is 13.0. The molecule has 0 saturated carbocycles. The maximum Gasteiger partial charge on any atom is 0.255 e. The molecule has 3 aromatic heterocycles. The highest BCUT2D eigenvalue weighted by molar-refractivity contribution is 6.04. The zero-order chi connectivity index (χ0) is 27.1. The van der Waals surface area contributed by atoms with Gasteiger partial charge in [-0.25, -0.2) is 9.97 Å². The first-order chi connectivity index (χ1) is 18.3. The van der Waals surface area contributed by atoms with Gasteiger partial charge in [-0.2, -0.15) is 5.26 Å². The van der Waals surface area contributed by atoms with E-state index in [4.69, 9.17) is 9.72 Å². The van der Waals surface area contributed by atoms with Gasteiger partial charge in [0, 0.05) is 48.4 Å². The number of hydrogen-bond donors (Lipinski definition) is 2. The van der Waals surface area contributed by atoms with Crippen LogP contribution in [0.25, 0.3) is 22.5 Å². The summed E-state index contributed by atoms with van der Waals surface area (Å²) in [6.45, 7) is 6.74. The zero-order valence-electron chi connectivity index (χ0n) is 21.8. The van der Waals surface area contributed by atoms with E-state index < -0.39 is 5.41 Å². The molecule has 0 unspecified atom stereocenters. The summed E-state index contributed by atoms with van der Waals surface area (Å²) in [6, 6.07) is 15.0. The normalized spacial score (nSPS) is 11.0. The molecule has 9 heteroatoms. The van der Waals surface area contributed by atoms with Crippen LogP contribution in [0.5, 0.6) is 0 Å². The Labute approximate surface area is 222 Å². The minimum atomic E-state index is -0.799. The molecule has 0 radical (unpaired) electrons. The van der Waals surface area contributed by atoms with E-state index in [1.165, 1.54) is 0 Å². The van der Waals surface area contributed by atoms with Crippen molar-refractivity contribution in [2.24, 2.45) is 0 Å². The van der Waals surface area contributed by atoms with Gasteiger partial charge in [0.2, 0.25) is 0 Å². The number of ether oxygens (including phenoxy) is 1. The van der Waals surface area contributed by atoms with Crippen molar-refractivity contribution in [1.29, 1.82) is 5.26 Å². The lowest BCUT2D eigenvalue weighted by Gasteiger charge is -2.15. The maximum absolute atomic E-state index is 13.0. The monoisotopic (exact) mass is 507 g/mol. The summed E-state index contributed by atoms with van der Waals surface area (Å²) >= 11 is 0. The van der Waals surface area contributed by atoms with Gasteiger partial charge < -0.3 is 15.4 Å². The summed E-state index contributed by atoms with van der Waals surface area (Å²) in [5.74, 6) is 0.437. The first kappa shape index (κ1) is 26.4. The smallest absolute Gasteiger partial charge is 0.255 e. The topological polar surface area (TPSA) is 126 Å². The molecular weight excluding hydrogens is 478 g/mol. The first-order valence-corrected chi connectivity index (χ1v) is 12.1. The lowest BCUT2D eigenvalue weighted by atomic mass is 9.90. The molecule has 0 fully saturated rings. The van der Waals surface area contributed by atoms with Gasteiger partial charge >= 0.3 is 0 Å². The third kappa shape index (κ3) is 6.17. The van der Waals surface area contributed by atoms with Crippen LogP contribution in [0.1, 0.15) is 35.5 Å². The molecule has 1 aromatic carbocycles. The SMILES string of the molecule is COCCNc1cc(-c2cncc(-c3cc(NC(=O)c4ccnc(C(C)(C)C#N)c4)ccc3C)n2)ccn1. The number of nitrogens with zero attached hydrogens (tertiary/aromatic N) is 5. The number of carbonyl (C=O) groups is 1. The van der Waals surface area contributed by atoms with Gasteiger partial charge in [-0.05, 0) is 62.7 Å². The summed E-state index contributed by atoms with van der Waals surface area (Å²) in [5, 5.41) is 15.6. The van der Waals surface area contributed by atoms with Gasteiger partial charge in [0.15, 0.2) is 0 Å². The Balaban J connectivity index is 1.58. The number of anilines is 2. The Hall–Kier alpha value is -4.68. The van der Waals surface area contributed by atoms with Crippen molar-refractivity contribution < 1.29 is 9.53 Å². The van der Waals surface area contributed by atoms with E-state index >= 15 is 0 Å². The molecule has 0 aliphatic carbocycles. The van der Waals surface area contributed by atoms with Crippen LogP contribution in [0, 0.1) is 18.3 Å². The van der Waals surface area contributed by atoms with Gasteiger partial charge in [-0.3, -0.25) is 14.8 Å². The Morgan fingerprint density at radius 3 is 2.63 bits per heavy atom. The predicted molar refractivity (Wildman–Crippen MR) is 147 cm³/mol. The molecule has 2 N–H and O–H groups in total. The van der Waals surface area contributed by atoms with Crippen molar-refractivity contribution in [3.63, 3.8) is 0 Å². The second-order valence-corrected chi connectivity index (χ2v) is 9.29.